The highest BCUT2D eigenvalue weighted by Gasteiger charge is 2.28. The predicted molar refractivity (Wildman–Crippen MR) is 208 cm³/mol. The molecule has 0 saturated carbocycles. The molecule has 3 amide bonds. The Morgan fingerprint density at radius 3 is 2.55 bits per heavy atom. The molecular weight excluding hydrogens is 705 g/mol. The number of nitrogens with one attached hydrogen (secondary N) is 3. The van der Waals surface area contributed by atoms with Crippen molar-refractivity contribution in [2.24, 2.45) is 14.1 Å². The molecule has 0 radical (unpaired) electrons. The number of aromatic nitrogens is 3. The molecule has 7 rings (SSSR count). The SMILES string of the molecule is CC(C)c1cc(N2CCCc3cc(-c4ccc(C(=O)NCC#Cc5cccc(NC6CCC(=O)NC6=O)c5)nc4)c(C(F)F)cc32)cc2c1n(C)c(=O)n2C. The molecule has 282 valence electrons. The summed E-state index contributed by atoms with van der Waals surface area (Å²) in [4.78, 5) is 55.7. The molecule has 3 N–H and O–H groups in total. The second-order valence-electron chi connectivity index (χ2n) is 14.2. The van der Waals surface area contributed by atoms with E-state index in [4.69, 9.17) is 0 Å². The summed E-state index contributed by atoms with van der Waals surface area (Å²) in [7, 11) is 3.51. The van der Waals surface area contributed by atoms with Gasteiger partial charge >= 0.3 is 5.69 Å². The predicted octanol–water partition coefficient (Wildman–Crippen LogP) is 6.08. The van der Waals surface area contributed by atoms with Crippen LogP contribution < -0.4 is 26.5 Å². The van der Waals surface area contributed by atoms with E-state index in [0.29, 0.717) is 47.5 Å². The van der Waals surface area contributed by atoms with Gasteiger partial charge < -0.3 is 15.5 Å². The van der Waals surface area contributed by atoms with Gasteiger partial charge in [-0.2, -0.15) is 0 Å². The van der Waals surface area contributed by atoms with Crippen molar-refractivity contribution in [2.75, 3.05) is 23.3 Å². The summed E-state index contributed by atoms with van der Waals surface area (Å²) in [6, 6.07) is 17.2. The lowest BCUT2D eigenvalue weighted by molar-refractivity contribution is -0.133. The summed E-state index contributed by atoms with van der Waals surface area (Å²) in [5.74, 6) is 4.91. The molecule has 2 aliphatic rings. The van der Waals surface area contributed by atoms with Crippen LogP contribution in [0.1, 0.15) is 78.2 Å². The molecule has 1 saturated heterocycles. The van der Waals surface area contributed by atoms with Crippen LogP contribution in [0.15, 0.2) is 71.7 Å². The molecule has 13 heteroatoms. The van der Waals surface area contributed by atoms with Crippen LogP contribution in [0, 0.1) is 11.8 Å². The van der Waals surface area contributed by atoms with Crippen LogP contribution in [0.5, 0.6) is 0 Å². The molecule has 5 aromatic rings. The van der Waals surface area contributed by atoms with Crippen molar-refractivity contribution in [1.82, 2.24) is 24.8 Å². The van der Waals surface area contributed by atoms with Crippen LogP contribution in [-0.4, -0.2) is 51.0 Å². The molecule has 1 atom stereocenters. The number of imidazole rings is 1. The van der Waals surface area contributed by atoms with Crippen molar-refractivity contribution in [3.8, 4) is 23.0 Å². The zero-order chi connectivity index (χ0) is 39.0. The first kappa shape index (κ1) is 37.0. The number of carbonyl (C=O) groups is 3. The Hall–Kier alpha value is -6.29. The number of anilines is 3. The lowest BCUT2D eigenvalue weighted by Crippen LogP contribution is -2.47. The minimum absolute atomic E-state index is 0.0378. The Labute approximate surface area is 316 Å². The highest BCUT2D eigenvalue weighted by Crippen LogP contribution is 2.42. The molecular formula is C42H41F2N7O4. The number of imide groups is 1. The van der Waals surface area contributed by atoms with Crippen molar-refractivity contribution in [3.63, 3.8) is 0 Å². The first-order valence-electron chi connectivity index (χ1n) is 18.2. The monoisotopic (exact) mass is 745 g/mol. The normalized spacial score (nSPS) is 15.5. The standard InChI is InChI=1S/C42H41F2N7O4/c1-24(2)30-20-29(21-36-38(30)50(4)42(55)49(36)3)51-17-7-10-26-19-31(32(39(43)44)22-35(26)51)27-12-13-33(46-23-27)40(53)45-16-6-9-25-8-5-11-28(18-25)47-34-14-15-37(52)48-41(34)54/h5,8,11-13,18-24,34,39,47H,7,10,14-17H2,1-4H3,(H,45,53)(H,48,52,54). The number of fused-ring (bicyclic) bond motifs is 2. The summed E-state index contributed by atoms with van der Waals surface area (Å²) in [5, 5.41) is 8.16. The van der Waals surface area contributed by atoms with Gasteiger partial charge in [0.15, 0.2) is 0 Å². The lowest BCUT2D eigenvalue weighted by atomic mass is 9.91. The van der Waals surface area contributed by atoms with Crippen LogP contribution >= 0.6 is 0 Å². The fourth-order valence-electron chi connectivity index (χ4n) is 7.38. The summed E-state index contributed by atoms with van der Waals surface area (Å²) in [6.07, 6.45) is 0.869. The second kappa shape index (κ2) is 15.2. The van der Waals surface area contributed by atoms with Crippen molar-refractivity contribution in [3.05, 3.63) is 105 Å². The molecule has 1 unspecified atom stereocenters. The van der Waals surface area contributed by atoms with Crippen LogP contribution in [0.25, 0.3) is 22.2 Å². The number of rotatable bonds is 8. The van der Waals surface area contributed by atoms with E-state index in [2.05, 4.69) is 57.6 Å². The van der Waals surface area contributed by atoms with E-state index in [1.54, 1.807) is 59.6 Å². The van der Waals surface area contributed by atoms with Crippen molar-refractivity contribution in [2.45, 2.75) is 57.9 Å². The van der Waals surface area contributed by atoms with E-state index < -0.39 is 18.4 Å². The fourth-order valence-corrected chi connectivity index (χ4v) is 7.38. The molecule has 55 heavy (non-hydrogen) atoms. The number of pyridine rings is 1. The highest BCUT2D eigenvalue weighted by molar-refractivity contribution is 6.01. The number of alkyl halides is 2. The number of halogens is 2. The van der Waals surface area contributed by atoms with Gasteiger partial charge in [-0.25, -0.2) is 13.6 Å². The van der Waals surface area contributed by atoms with E-state index in [1.165, 1.54) is 12.3 Å². The van der Waals surface area contributed by atoms with E-state index in [1.807, 2.05) is 12.1 Å². The van der Waals surface area contributed by atoms with Gasteiger partial charge in [-0.3, -0.25) is 33.8 Å². The Kier molecular flexibility index (Phi) is 10.2. The maximum Gasteiger partial charge on any atom is 0.328 e. The van der Waals surface area contributed by atoms with Crippen LogP contribution in [0.4, 0.5) is 25.8 Å². The average molecular weight is 746 g/mol. The van der Waals surface area contributed by atoms with Crippen LogP contribution in [0.2, 0.25) is 0 Å². The van der Waals surface area contributed by atoms with Crippen LogP contribution in [-0.2, 0) is 30.1 Å². The van der Waals surface area contributed by atoms with Gasteiger partial charge in [0, 0.05) is 67.0 Å². The number of amides is 3. The zero-order valence-electron chi connectivity index (χ0n) is 31.0. The molecule has 0 aliphatic carbocycles. The molecule has 2 aliphatic heterocycles. The quantitative estimate of drug-likeness (QED) is 0.130. The van der Waals surface area contributed by atoms with Gasteiger partial charge in [0.05, 0.1) is 17.6 Å². The van der Waals surface area contributed by atoms with Gasteiger partial charge in [0.25, 0.3) is 12.3 Å². The third-order valence-electron chi connectivity index (χ3n) is 10.2. The summed E-state index contributed by atoms with van der Waals surface area (Å²) in [5.41, 5.74) is 7.21. The average Bonchev–Trinajstić information content (AvgIpc) is 3.39. The van der Waals surface area contributed by atoms with E-state index in [9.17, 15) is 28.0 Å². The van der Waals surface area contributed by atoms with Crippen molar-refractivity contribution in [1.29, 1.82) is 0 Å². The van der Waals surface area contributed by atoms with Gasteiger partial charge in [0.1, 0.15) is 11.7 Å². The smallest absolute Gasteiger partial charge is 0.328 e. The second-order valence-corrected chi connectivity index (χ2v) is 14.2. The molecule has 3 aromatic carbocycles. The Morgan fingerprint density at radius 1 is 1.00 bits per heavy atom. The van der Waals surface area contributed by atoms with Crippen molar-refractivity contribution >= 4 is 45.8 Å². The van der Waals surface area contributed by atoms with Gasteiger partial charge in [-0.05, 0) is 90.4 Å². The van der Waals surface area contributed by atoms with Crippen LogP contribution in [0.3, 0.4) is 0 Å². The fraction of sp³-hybridized carbons (Fsp3) is 0.310. The number of aryl methyl sites for hydroxylation is 3. The third-order valence-corrected chi connectivity index (χ3v) is 10.2. The number of nitrogens with zero attached hydrogens (tertiary/aromatic N) is 4. The van der Waals surface area contributed by atoms with Gasteiger partial charge in [0.2, 0.25) is 11.8 Å². The van der Waals surface area contributed by atoms with Gasteiger partial charge in [-0.15, -0.1) is 0 Å². The number of piperidine rings is 1. The molecule has 0 spiro atoms. The lowest BCUT2D eigenvalue weighted by Gasteiger charge is -2.33. The zero-order valence-corrected chi connectivity index (χ0v) is 31.0. The topological polar surface area (TPSA) is 130 Å². The van der Waals surface area contributed by atoms with E-state index >= 15 is 0 Å². The molecule has 11 nitrogen and oxygen atoms in total. The third kappa shape index (κ3) is 7.45. The first-order valence-corrected chi connectivity index (χ1v) is 18.2. The minimum atomic E-state index is -2.76. The summed E-state index contributed by atoms with van der Waals surface area (Å²) in [6.45, 7) is 4.83. The number of benzene rings is 3. The number of hydrogen-bond donors (Lipinski definition) is 3. The molecule has 1 fully saturated rings. The minimum Gasteiger partial charge on any atom is -0.374 e. The van der Waals surface area contributed by atoms with Crippen molar-refractivity contribution < 1.29 is 23.2 Å². The molecule has 2 aromatic heterocycles. The number of hydrogen-bond acceptors (Lipinski definition) is 7. The maximum absolute atomic E-state index is 14.8. The van der Waals surface area contributed by atoms with Gasteiger partial charge in [-0.1, -0.05) is 37.8 Å². The summed E-state index contributed by atoms with van der Waals surface area (Å²) < 4.78 is 32.8. The van der Waals surface area contributed by atoms with E-state index in [-0.39, 0.29) is 47.6 Å². The Bertz CT molecular complexity index is 2460. The first-order chi connectivity index (χ1) is 26.4. The Balaban J connectivity index is 1.07. The maximum atomic E-state index is 14.8. The largest absolute Gasteiger partial charge is 0.374 e. The molecule has 4 heterocycles. The highest BCUT2D eigenvalue weighted by atomic mass is 19.3. The summed E-state index contributed by atoms with van der Waals surface area (Å²) >= 11 is 0. The van der Waals surface area contributed by atoms with E-state index in [0.717, 1.165) is 34.3 Å². The molecule has 0 bridgehead atoms. The number of carbonyl (C=O) groups excluding carboxylic acids is 3. The Morgan fingerprint density at radius 2 is 1.82 bits per heavy atom.